The van der Waals surface area contributed by atoms with Crippen LogP contribution in [0.5, 0.6) is 0 Å². The highest BCUT2D eigenvalue weighted by molar-refractivity contribution is 8.00. The fourth-order valence-electron chi connectivity index (χ4n) is 1.83. The first kappa shape index (κ1) is 11.3. The average Bonchev–Trinajstić information content (AvgIpc) is 2.71. The summed E-state index contributed by atoms with van der Waals surface area (Å²) < 4.78 is 0. The smallest absolute Gasteiger partial charge is 0.0409 e. The molecular weight excluding hydrogens is 226 g/mol. The van der Waals surface area contributed by atoms with E-state index in [-0.39, 0.29) is 0 Å². The van der Waals surface area contributed by atoms with Crippen LogP contribution in [-0.2, 0) is 6.54 Å². The SMILES string of the molecule is Clc1cccc(CNCC2CCCS2)c1. The van der Waals surface area contributed by atoms with Crippen molar-refractivity contribution in [2.75, 3.05) is 12.3 Å². The summed E-state index contributed by atoms with van der Waals surface area (Å²) in [5, 5.41) is 5.14. The lowest BCUT2D eigenvalue weighted by molar-refractivity contribution is 0.646. The van der Waals surface area contributed by atoms with Crippen LogP contribution in [0.2, 0.25) is 5.02 Å². The molecule has 1 saturated heterocycles. The minimum Gasteiger partial charge on any atom is -0.312 e. The van der Waals surface area contributed by atoms with Gasteiger partial charge in [0.1, 0.15) is 0 Å². The quantitative estimate of drug-likeness (QED) is 0.868. The Morgan fingerprint density at radius 3 is 3.13 bits per heavy atom. The second-order valence-electron chi connectivity index (χ2n) is 3.90. The Morgan fingerprint density at radius 1 is 1.47 bits per heavy atom. The van der Waals surface area contributed by atoms with Gasteiger partial charge in [-0.25, -0.2) is 0 Å². The van der Waals surface area contributed by atoms with Crippen LogP contribution in [0.15, 0.2) is 24.3 Å². The molecule has 1 heterocycles. The molecule has 0 aliphatic carbocycles. The van der Waals surface area contributed by atoms with Crippen molar-refractivity contribution < 1.29 is 0 Å². The van der Waals surface area contributed by atoms with Gasteiger partial charge in [0.25, 0.3) is 0 Å². The number of hydrogen-bond acceptors (Lipinski definition) is 2. The van der Waals surface area contributed by atoms with Gasteiger partial charge in [-0.2, -0.15) is 11.8 Å². The maximum Gasteiger partial charge on any atom is 0.0409 e. The summed E-state index contributed by atoms with van der Waals surface area (Å²) in [6.07, 6.45) is 2.75. The summed E-state index contributed by atoms with van der Waals surface area (Å²) in [4.78, 5) is 0. The topological polar surface area (TPSA) is 12.0 Å². The predicted molar refractivity (Wildman–Crippen MR) is 68.6 cm³/mol. The van der Waals surface area contributed by atoms with Gasteiger partial charge in [0.2, 0.25) is 0 Å². The first-order chi connectivity index (χ1) is 7.34. The molecule has 0 spiro atoms. The van der Waals surface area contributed by atoms with E-state index >= 15 is 0 Å². The molecule has 1 nitrogen and oxygen atoms in total. The Balaban J connectivity index is 1.73. The van der Waals surface area contributed by atoms with Gasteiger partial charge in [0.15, 0.2) is 0 Å². The minimum atomic E-state index is 0.823. The summed E-state index contributed by atoms with van der Waals surface area (Å²) in [5.74, 6) is 1.34. The Labute approximate surface area is 101 Å². The van der Waals surface area contributed by atoms with Crippen LogP contribution in [0.3, 0.4) is 0 Å². The zero-order valence-corrected chi connectivity index (χ0v) is 10.3. The molecular formula is C12H16ClNS. The number of halogens is 1. The Morgan fingerprint density at radius 2 is 2.40 bits per heavy atom. The van der Waals surface area contributed by atoms with Crippen molar-refractivity contribution in [2.45, 2.75) is 24.6 Å². The lowest BCUT2D eigenvalue weighted by atomic mass is 10.2. The zero-order chi connectivity index (χ0) is 10.5. The normalized spacial score (nSPS) is 20.7. The minimum absolute atomic E-state index is 0.823. The van der Waals surface area contributed by atoms with Gasteiger partial charge < -0.3 is 5.32 Å². The van der Waals surface area contributed by atoms with Crippen LogP contribution in [-0.4, -0.2) is 17.5 Å². The van der Waals surface area contributed by atoms with Gasteiger partial charge >= 0.3 is 0 Å². The molecule has 2 rings (SSSR count). The molecule has 1 aromatic rings. The fourth-order valence-corrected chi connectivity index (χ4v) is 3.28. The number of thioether (sulfide) groups is 1. The van der Waals surface area contributed by atoms with Crippen LogP contribution in [0, 0.1) is 0 Å². The van der Waals surface area contributed by atoms with Crippen LogP contribution in [0.1, 0.15) is 18.4 Å². The number of hydrogen-bond donors (Lipinski definition) is 1. The average molecular weight is 242 g/mol. The maximum absolute atomic E-state index is 5.92. The van der Waals surface area contributed by atoms with Crippen molar-refractivity contribution in [3.63, 3.8) is 0 Å². The third-order valence-corrected chi connectivity index (χ3v) is 4.25. The van der Waals surface area contributed by atoms with Crippen molar-refractivity contribution in [1.82, 2.24) is 5.32 Å². The van der Waals surface area contributed by atoms with Gasteiger partial charge in [-0.05, 0) is 36.3 Å². The van der Waals surface area contributed by atoms with Gasteiger partial charge in [-0.3, -0.25) is 0 Å². The first-order valence-corrected chi connectivity index (χ1v) is 6.84. The second kappa shape index (κ2) is 5.78. The van der Waals surface area contributed by atoms with Crippen molar-refractivity contribution in [2.24, 2.45) is 0 Å². The molecule has 3 heteroatoms. The van der Waals surface area contributed by atoms with Gasteiger partial charge in [0, 0.05) is 23.4 Å². The van der Waals surface area contributed by atoms with Crippen LogP contribution in [0.25, 0.3) is 0 Å². The molecule has 1 aliphatic heterocycles. The molecule has 1 aliphatic rings. The number of rotatable bonds is 4. The molecule has 1 N–H and O–H groups in total. The van der Waals surface area contributed by atoms with E-state index in [0.29, 0.717) is 0 Å². The molecule has 1 unspecified atom stereocenters. The standard InChI is InChI=1S/C12H16ClNS/c13-11-4-1-3-10(7-11)8-14-9-12-5-2-6-15-12/h1,3-4,7,12,14H,2,5-6,8-9H2. The molecule has 0 radical (unpaired) electrons. The summed E-state index contributed by atoms with van der Waals surface area (Å²) in [7, 11) is 0. The van der Waals surface area contributed by atoms with Crippen molar-refractivity contribution >= 4 is 23.4 Å². The predicted octanol–water partition coefficient (Wildman–Crippen LogP) is 3.33. The number of nitrogens with one attached hydrogen (secondary N) is 1. The number of benzene rings is 1. The highest BCUT2D eigenvalue weighted by atomic mass is 35.5. The third-order valence-electron chi connectivity index (χ3n) is 2.61. The highest BCUT2D eigenvalue weighted by Crippen LogP contribution is 2.25. The molecule has 0 saturated carbocycles. The van der Waals surface area contributed by atoms with E-state index in [1.165, 1.54) is 24.2 Å². The van der Waals surface area contributed by atoms with E-state index in [4.69, 9.17) is 11.6 Å². The van der Waals surface area contributed by atoms with Crippen LogP contribution < -0.4 is 5.32 Å². The van der Waals surface area contributed by atoms with Crippen molar-refractivity contribution in [1.29, 1.82) is 0 Å². The maximum atomic E-state index is 5.92. The highest BCUT2D eigenvalue weighted by Gasteiger charge is 2.14. The van der Waals surface area contributed by atoms with Gasteiger partial charge in [0.05, 0.1) is 0 Å². The van der Waals surface area contributed by atoms with Crippen LogP contribution >= 0.6 is 23.4 Å². The van der Waals surface area contributed by atoms with E-state index in [1.54, 1.807) is 0 Å². The molecule has 1 atom stereocenters. The Kier molecular flexibility index (Phi) is 4.36. The third kappa shape index (κ3) is 3.71. The van der Waals surface area contributed by atoms with Crippen LogP contribution in [0.4, 0.5) is 0 Å². The molecule has 1 fully saturated rings. The molecule has 15 heavy (non-hydrogen) atoms. The molecule has 0 aromatic heterocycles. The monoisotopic (exact) mass is 241 g/mol. The van der Waals surface area contributed by atoms with Crippen molar-refractivity contribution in [3.05, 3.63) is 34.9 Å². The van der Waals surface area contributed by atoms with E-state index < -0.39 is 0 Å². The molecule has 82 valence electrons. The summed E-state index contributed by atoms with van der Waals surface area (Å²) in [6, 6.07) is 8.05. The molecule has 0 bridgehead atoms. The Bertz CT molecular complexity index is 310. The fraction of sp³-hybridized carbons (Fsp3) is 0.500. The van der Waals surface area contributed by atoms with Crippen molar-refractivity contribution in [3.8, 4) is 0 Å². The lowest BCUT2D eigenvalue weighted by Crippen LogP contribution is -2.22. The summed E-state index contributed by atoms with van der Waals surface area (Å²) in [6.45, 7) is 2.05. The second-order valence-corrected chi connectivity index (χ2v) is 5.74. The summed E-state index contributed by atoms with van der Waals surface area (Å²) in [5.41, 5.74) is 1.27. The first-order valence-electron chi connectivity index (χ1n) is 5.41. The largest absolute Gasteiger partial charge is 0.312 e. The van der Waals surface area contributed by atoms with Gasteiger partial charge in [-0.1, -0.05) is 23.7 Å². The lowest BCUT2D eigenvalue weighted by Gasteiger charge is -2.10. The summed E-state index contributed by atoms with van der Waals surface area (Å²) >= 11 is 8.01. The molecule has 1 aromatic carbocycles. The Hall–Kier alpha value is -0.180. The van der Waals surface area contributed by atoms with E-state index in [0.717, 1.165) is 23.4 Å². The van der Waals surface area contributed by atoms with E-state index in [9.17, 15) is 0 Å². The van der Waals surface area contributed by atoms with Gasteiger partial charge in [-0.15, -0.1) is 0 Å². The van der Waals surface area contributed by atoms with E-state index in [2.05, 4.69) is 23.1 Å². The molecule has 0 amide bonds. The zero-order valence-electron chi connectivity index (χ0n) is 8.71. The van der Waals surface area contributed by atoms with E-state index in [1.807, 2.05) is 18.2 Å².